The molecule has 3 atom stereocenters. The van der Waals surface area contributed by atoms with Crippen LogP contribution in [0.15, 0.2) is 35.5 Å². The Labute approximate surface area is 186 Å². The minimum atomic E-state index is -1.15. The molecule has 1 saturated heterocycles. The summed E-state index contributed by atoms with van der Waals surface area (Å²) < 4.78 is 0. The summed E-state index contributed by atoms with van der Waals surface area (Å²) in [6, 6.07) is 4.53. The average molecular weight is 467 g/mol. The van der Waals surface area contributed by atoms with E-state index < -0.39 is 41.2 Å². The van der Waals surface area contributed by atoms with Gasteiger partial charge in [-0.3, -0.25) is 19.3 Å². The van der Waals surface area contributed by atoms with E-state index >= 15 is 0 Å². The predicted octanol–water partition coefficient (Wildman–Crippen LogP) is 0.285. The largest absolute Gasteiger partial charge is 0.480 e. The zero-order valence-corrected chi connectivity index (χ0v) is 18.2. The van der Waals surface area contributed by atoms with Crippen LogP contribution >= 0.6 is 23.5 Å². The molecule has 0 bridgehead atoms. The first kappa shape index (κ1) is 23.0. The highest BCUT2D eigenvalue weighted by molar-refractivity contribution is 8.00. The summed E-state index contributed by atoms with van der Waals surface area (Å²) in [5.74, 6) is -2.19. The number of hydrogen-bond acceptors (Lipinski definition) is 8. The van der Waals surface area contributed by atoms with E-state index in [1.165, 1.54) is 28.4 Å². The number of nitrogens with one attached hydrogen (secondary N) is 2. The molecule has 31 heavy (non-hydrogen) atoms. The maximum absolute atomic E-state index is 12.6. The Bertz CT molecular complexity index is 936. The number of thioether (sulfide) groups is 2. The summed E-state index contributed by atoms with van der Waals surface area (Å²) in [6.07, 6.45) is 1.86. The number of benzene rings is 1. The minimum Gasteiger partial charge on any atom is -0.480 e. The lowest BCUT2D eigenvalue weighted by Gasteiger charge is -2.49. The van der Waals surface area contributed by atoms with Crippen LogP contribution in [0.1, 0.15) is 11.6 Å². The molecule has 1 aromatic carbocycles. The van der Waals surface area contributed by atoms with Gasteiger partial charge in [-0.2, -0.15) is 11.8 Å². The molecule has 2 aliphatic rings. The van der Waals surface area contributed by atoms with Crippen molar-refractivity contribution in [3.05, 3.63) is 41.1 Å². The maximum Gasteiger partial charge on any atom is 0.352 e. The minimum absolute atomic E-state index is 0.00217. The second kappa shape index (κ2) is 9.62. The first-order valence-corrected chi connectivity index (χ1v) is 11.7. The number of carboxylic acid groups (broad SMARTS) is 2. The topological polar surface area (TPSA) is 162 Å². The molecule has 10 nitrogen and oxygen atoms in total. The van der Waals surface area contributed by atoms with E-state index in [9.17, 15) is 24.3 Å². The van der Waals surface area contributed by atoms with E-state index in [0.717, 1.165) is 0 Å². The molecule has 166 valence electrons. The monoisotopic (exact) mass is 466 g/mol. The van der Waals surface area contributed by atoms with Crippen molar-refractivity contribution in [1.82, 2.24) is 10.2 Å². The molecular formula is C19H22N4O6S2. The van der Waals surface area contributed by atoms with Gasteiger partial charge in [0.1, 0.15) is 29.7 Å². The van der Waals surface area contributed by atoms with Gasteiger partial charge in [-0.1, -0.05) is 12.1 Å². The first-order valence-electron chi connectivity index (χ1n) is 9.25. The van der Waals surface area contributed by atoms with Gasteiger partial charge < -0.3 is 26.6 Å². The van der Waals surface area contributed by atoms with Crippen LogP contribution in [0.4, 0.5) is 5.69 Å². The number of nitrogens with two attached hydrogens (primary N) is 1. The van der Waals surface area contributed by atoms with Gasteiger partial charge in [0, 0.05) is 17.2 Å². The van der Waals surface area contributed by atoms with Gasteiger partial charge in [-0.25, -0.2) is 4.79 Å². The molecule has 3 rings (SSSR count). The van der Waals surface area contributed by atoms with E-state index in [1.807, 2.05) is 6.26 Å². The number of fused-ring (bicyclic) bond motifs is 1. The highest BCUT2D eigenvalue weighted by Crippen LogP contribution is 2.41. The number of carboxylic acids is 2. The molecule has 0 aromatic heterocycles. The van der Waals surface area contributed by atoms with Crippen LogP contribution < -0.4 is 16.4 Å². The second-order valence-corrected chi connectivity index (χ2v) is 8.90. The molecule has 0 spiro atoms. The van der Waals surface area contributed by atoms with Crippen molar-refractivity contribution in [2.75, 3.05) is 29.6 Å². The van der Waals surface area contributed by atoms with E-state index in [2.05, 4.69) is 10.6 Å². The molecule has 6 N–H and O–H groups in total. The fraction of sp³-hybridized carbons (Fsp3) is 0.368. The van der Waals surface area contributed by atoms with E-state index in [4.69, 9.17) is 10.8 Å². The molecule has 2 heterocycles. The van der Waals surface area contributed by atoms with Gasteiger partial charge in [-0.05, 0) is 29.5 Å². The number of aliphatic carboxylic acids is 2. The number of carbonyl (C=O) groups is 4. The third kappa shape index (κ3) is 4.81. The lowest BCUT2D eigenvalue weighted by molar-refractivity contribution is -0.150. The zero-order valence-electron chi connectivity index (χ0n) is 16.5. The van der Waals surface area contributed by atoms with Gasteiger partial charge in [0.05, 0.1) is 0 Å². The lowest BCUT2D eigenvalue weighted by Crippen LogP contribution is -2.71. The molecule has 0 aliphatic carbocycles. The van der Waals surface area contributed by atoms with Crippen LogP contribution in [0.2, 0.25) is 0 Å². The molecular weight excluding hydrogens is 444 g/mol. The van der Waals surface area contributed by atoms with Gasteiger partial charge in [0.2, 0.25) is 5.91 Å². The molecule has 0 radical (unpaired) electrons. The summed E-state index contributed by atoms with van der Waals surface area (Å²) in [5.41, 5.74) is 7.77. The number of anilines is 1. The number of amides is 2. The molecule has 2 aliphatic heterocycles. The van der Waals surface area contributed by atoms with Crippen molar-refractivity contribution in [2.45, 2.75) is 17.5 Å². The normalized spacial score (nSPS) is 21.1. The van der Waals surface area contributed by atoms with Crippen LogP contribution in [0.25, 0.3) is 0 Å². The summed E-state index contributed by atoms with van der Waals surface area (Å²) in [4.78, 5) is 48.8. The van der Waals surface area contributed by atoms with Crippen molar-refractivity contribution in [2.24, 2.45) is 5.73 Å². The van der Waals surface area contributed by atoms with Crippen molar-refractivity contribution in [1.29, 1.82) is 0 Å². The van der Waals surface area contributed by atoms with Crippen molar-refractivity contribution >= 4 is 53.0 Å². The summed E-state index contributed by atoms with van der Waals surface area (Å²) in [5, 5.41) is 23.1. The number of rotatable bonds is 9. The SMILES string of the molecule is CSCC1=C(C(=O)O)N2C(=O)C(NC(=O)C(N)c3ccc(NCC(=O)O)cc3)[C@@H]2SC1. The van der Waals surface area contributed by atoms with E-state index in [0.29, 0.717) is 28.3 Å². The Morgan fingerprint density at radius 1 is 1.29 bits per heavy atom. The van der Waals surface area contributed by atoms with Crippen molar-refractivity contribution in [3.63, 3.8) is 0 Å². The molecule has 0 saturated carbocycles. The molecule has 2 unspecified atom stereocenters. The van der Waals surface area contributed by atoms with E-state index in [1.54, 1.807) is 24.3 Å². The van der Waals surface area contributed by atoms with Gasteiger partial charge in [0.25, 0.3) is 5.91 Å². The first-order chi connectivity index (χ1) is 14.7. The Balaban J connectivity index is 1.64. The Morgan fingerprint density at radius 2 is 1.97 bits per heavy atom. The van der Waals surface area contributed by atoms with Crippen molar-refractivity contribution in [3.8, 4) is 0 Å². The number of β-lactam (4-membered cyclic amide) rings is 1. The Hall–Kier alpha value is -2.70. The fourth-order valence-electron chi connectivity index (χ4n) is 3.35. The molecule has 12 heteroatoms. The number of hydrogen-bond donors (Lipinski definition) is 5. The van der Waals surface area contributed by atoms with Crippen LogP contribution in [0.5, 0.6) is 0 Å². The predicted molar refractivity (Wildman–Crippen MR) is 118 cm³/mol. The van der Waals surface area contributed by atoms with Gasteiger partial charge in [0.15, 0.2) is 0 Å². The average Bonchev–Trinajstić information content (AvgIpc) is 2.75. The third-order valence-corrected chi connectivity index (χ3v) is 6.84. The highest BCUT2D eigenvalue weighted by Gasteiger charge is 2.54. The highest BCUT2D eigenvalue weighted by atomic mass is 32.2. The summed E-state index contributed by atoms with van der Waals surface area (Å²) >= 11 is 2.90. The fourth-order valence-corrected chi connectivity index (χ4v) is 5.41. The van der Waals surface area contributed by atoms with Crippen molar-refractivity contribution < 1.29 is 29.4 Å². The van der Waals surface area contributed by atoms with Crippen LogP contribution in [-0.2, 0) is 19.2 Å². The molecule has 1 fully saturated rings. The van der Waals surface area contributed by atoms with Crippen LogP contribution in [0.3, 0.4) is 0 Å². The second-order valence-electron chi connectivity index (χ2n) is 6.93. The summed E-state index contributed by atoms with van der Waals surface area (Å²) in [6.45, 7) is -0.239. The number of nitrogens with zero attached hydrogens (tertiary/aromatic N) is 1. The third-order valence-electron chi connectivity index (χ3n) is 4.86. The van der Waals surface area contributed by atoms with Crippen LogP contribution in [0, 0.1) is 0 Å². The Morgan fingerprint density at radius 3 is 2.55 bits per heavy atom. The summed E-state index contributed by atoms with van der Waals surface area (Å²) in [7, 11) is 0. The lowest BCUT2D eigenvalue weighted by atomic mass is 10.0. The zero-order chi connectivity index (χ0) is 22.7. The smallest absolute Gasteiger partial charge is 0.352 e. The standard InChI is InChI=1S/C19H22N4O6S2/c1-30-7-10-8-31-18-14(17(27)23(18)15(10)19(28)29)22-16(26)13(20)9-2-4-11(5-3-9)21-6-12(24)25/h2-5,13-14,18,21H,6-8,20H2,1H3,(H,22,26)(H,24,25)(H,28,29)/t13?,14?,18-/m0/s1. The molecule has 2 amide bonds. The van der Waals surface area contributed by atoms with Gasteiger partial charge in [-0.15, -0.1) is 11.8 Å². The molecule has 1 aromatic rings. The number of carbonyl (C=O) groups excluding carboxylic acids is 2. The van der Waals surface area contributed by atoms with Crippen LogP contribution in [-0.4, -0.2) is 74.6 Å². The maximum atomic E-state index is 12.6. The van der Waals surface area contributed by atoms with Gasteiger partial charge >= 0.3 is 11.9 Å². The Kier molecular flexibility index (Phi) is 7.13. The van der Waals surface area contributed by atoms with E-state index in [-0.39, 0.29) is 12.2 Å². The quantitative estimate of drug-likeness (QED) is 0.320.